The van der Waals surface area contributed by atoms with Gasteiger partial charge in [-0.3, -0.25) is 0 Å². The summed E-state index contributed by atoms with van der Waals surface area (Å²) in [7, 11) is 0. The third-order valence-corrected chi connectivity index (χ3v) is 2.51. The molecular weight excluding hydrogens is 212 g/mol. The number of benzene rings is 1. The Balaban J connectivity index is 1.96. The summed E-state index contributed by atoms with van der Waals surface area (Å²) in [5.41, 5.74) is 2.99. The first-order chi connectivity index (χ1) is 8.31. The highest BCUT2D eigenvalue weighted by molar-refractivity contribution is 5.55. The van der Waals surface area contributed by atoms with E-state index in [0.717, 1.165) is 16.9 Å². The van der Waals surface area contributed by atoms with Crippen LogP contribution in [0.4, 0.5) is 11.6 Å². The average Bonchev–Trinajstić information content (AvgIpc) is 2.71. The number of rotatable bonds is 2. The van der Waals surface area contributed by atoms with Crippen LogP contribution < -0.4 is 5.32 Å². The fourth-order valence-corrected chi connectivity index (χ4v) is 1.69. The summed E-state index contributed by atoms with van der Waals surface area (Å²) in [6, 6.07) is 13.9. The molecule has 0 saturated carbocycles. The predicted octanol–water partition coefficient (Wildman–Crippen LogP) is 2.78. The summed E-state index contributed by atoms with van der Waals surface area (Å²) in [5.74, 6) is 0.613. The van der Waals surface area contributed by atoms with Crippen LogP contribution >= 0.6 is 0 Å². The molecule has 84 valence electrons. The van der Waals surface area contributed by atoms with Crippen molar-refractivity contribution in [3.8, 4) is 0 Å². The molecule has 0 fully saturated rings. The number of aromatic nitrogens is 3. The van der Waals surface area contributed by atoms with E-state index < -0.39 is 0 Å². The molecule has 0 spiro atoms. The average molecular weight is 224 g/mol. The van der Waals surface area contributed by atoms with E-state index in [9.17, 15) is 0 Å². The second-order valence-corrected chi connectivity index (χ2v) is 3.94. The minimum Gasteiger partial charge on any atom is -0.323 e. The van der Waals surface area contributed by atoms with Crippen LogP contribution in [0, 0.1) is 6.92 Å². The van der Waals surface area contributed by atoms with Gasteiger partial charge < -0.3 is 5.32 Å². The predicted molar refractivity (Wildman–Crippen MR) is 67.4 cm³/mol. The van der Waals surface area contributed by atoms with Gasteiger partial charge in [-0.1, -0.05) is 24.3 Å². The fraction of sp³-hybridized carbons (Fsp3) is 0.0769. The molecule has 2 heterocycles. The summed E-state index contributed by atoms with van der Waals surface area (Å²) < 4.78 is 1.78. The third kappa shape index (κ3) is 1.97. The highest BCUT2D eigenvalue weighted by Crippen LogP contribution is 2.13. The molecule has 0 atom stereocenters. The SMILES string of the molecule is Cc1ccc2nc(Nc3ccccc3)nn2c1. The summed E-state index contributed by atoms with van der Waals surface area (Å²) in [4.78, 5) is 4.39. The molecule has 0 unspecified atom stereocenters. The van der Waals surface area contributed by atoms with Gasteiger partial charge in [0.15, 0.2) is 5.65 Å². The van der Waals surface area contributed by atoms with Crippen molar-refractivity contribution in [1.29, 1.82) is 0 Å². The van der Waals surface area contributed by atoms with Crippen molar-refractivity contribution in [2.24, 2.45) is 0 Å². The Morgan fingerprint density at radius 2 is 1.88 bits per heavy atom. The van der Waals surface area contributed by atoms with Crippen molar-refractivity contribution in [3.63, 3.8) is 0 Å². The van der Waals surface area contributed by atoms with Crippen molar-refractivity contribution in [2.75, 3.05) is 5.32 Å². The molecule has 4 heteroatoms. The van der Waals surface area contributed by atoms with Crippen LogP contribution in [0.3, 0.4) is 0 Å². The summed E-state index contributed by atoms with van der Waals surface area (Å²) in [6.45, 7) is 2.03. The summed E-state index contributed by atoms with van der Waals surface area (Å²) in [6.07, 6.45) is 1.96. The molecule has 0 radical (unpaired) electrons. The lowest BCUT2D eigenvalue weighted by molar-refractivity contribution is 0.956. The van der Waals surface area contributed by atoms with Gasteiger partial charge in [0.1, 0.15) is 0 Å². The van der Waals surface area contributed by atoms with Crippen molar-refractivity contribution in [3.05, 3.63) is 54.2 Å². The molecular formula is C13H12N4. The Morgan fingerprint density at radius 3 is 2.71 bits per heavy atom. The first kappa shape index (κ1) is 9.84. The highest BCUT2D eigenvalue weighted by Gasteiger charge is 2.02. The van der Waals surface area contributed by atoms with E-state index >= 15 is 0 Å². The Labute approximate surface area is 98.9 Å². The fourth-order valence-electron chi connectivity index (χ4n) is 1.69. The third-order valence-electron chi connectivity index (χ3n) is 2.51. The van der Waals surface area contributed by atoms with E-state index in [1.54, 1.807) is 4.52 Å². The van der Waals surface area contributed by atoms with Crippen LogP contribution in [-0.4, -0.2) is 14.6 Å². The lowest BCUT2D eigenvalue weighted by Crippen LogP contribution is -1.92. The molecule has 0 aliphatic rings. The van der Waals surface area contributed by atoms with Gasteiger partial charge in [0.2, 0.25) is 5.95 Å². The maximum absolute atomic E-state index is 4.39. The van der Waals surface area contributed by atoms with Gasteiger partial charge in [-0.2, -0.15) is 4.98 Å². The van der Waals surface area contributed by atoms with Crippen molar-refractivity contribution in [2.45, 2.75) is 6.92 Å². The first-order valence-corrected chi connectivity index (χ1v) is 5.46. The molecule has 0 aliphatic carbocycles. The number of hydrogen-bond acceptors (Lipinski definition) is 3. The summed E-state index contributed by atoms with van der Waals surface area (Å²) in [5, 5.41) is 7.53. The van der Waals surface area contributed by atoms with E-state index in [4.69, 9.17) is 0 Å². The number of aryl methyl sites for hydroxylation is 1. The number of anilines is 2. The van der Waals surface area contributed by atoms with Crippen molar-refractivity contribution < 1.29 is 0 Å². The Morgan fingerprint density at radius 1 is 1.06 bits per heavy atom. The normalized spacial score (nSPS) is 10.6. The second-order valence-electron chi connectivity index (χ2n) is 3.94. The van der Waals surface area contributed by atoms with E-state index in [2.05, 4.69) is 15.4 Å². The van der Waals surface area contributed by atoms with Crippen LogP contribution in [0.5, 0.6) is 0 Å². The standard InChI is InChI=1S/C13H12N4/c1-10-7-8-12-15-13(16-17(12)9-10)14-11-5-3-2-4-6-11/h2-9H,1H3,(H,14,16). The van der Waals surface area contributed by atoms with Crippen LogP contribution in [0.15, 0.2) is 48.7 Å². The molecule has 4 nitrogen and oxygen atoms in total. The molecule has 0 aliphatic heterocycles. The largest absolute Gasteiger partial charge is 0.323 e. The van der Waals surface area contributed by atoms with E-state index in [-0.39, 0.29) is 0 Å². The van der Waals surface area contributed by atoms with Crippen LogP contribution in [0.25, 0.3) is 5.65 Å². The summed E-state index contributed by atoms with van der Waals surface area (Å²) >= 11 is 0. The number of fused-ring (bicyclic) bond motifs is 1. The minimum absolute atomic E-state index is 0.613. The smallest absolute Gasteiger partial charge is 0.247 e. The molecule has 1 aromatic carbocycles. The zero-order valence-corrected chi connectivity index (χ0v) is 9.46. The number of hydrogen-bond donors (Lipinski definition) is 1. The van der Waals surface area contributed by atoms with Crippen LogP contribution in [-0.2, 0) is 0 Å². The molecule has 3 aromatic rings. The quantitative estimate of drug-likeness (QED) is 0.727. The Bertz CT molecular complexity index is 643. The number of nitrogens with one attached hydrogen (secondary N) is 1. The van der Waals surface area contributed by atoms with E-state index in [1.807, 2.05) is 55.6 Å². The van der Waals surface area contributed by atoms with Gasteiger partial charge in [0, 0.05) is 11.9 Å². The molecule has 2 aromatic heterocycles. The van der Waals surface area contributed by atoms with Crippen LogP contribution in [0.1, 0.15) is 5.56 Å². The van der Waals surface area contributed by atoms with Crippen molar-refractivity contribution >= 4 is 17.3 Å². The highest BCUT2D eigenvalue weighted by atomic mass is 15.3. The van der Waals surface area contributed by atoms with Crippen molar-refractivity contribution in [1.82, 2.24) is 14.6 Å². The number of pyridine rings is 1. The monoisotopic (exact) mass is 224 g/mol. The number of nitrogens with zero attached hydrogens (tertiary/aromatic N) is 3. The van der Waals surface area contributed by atoms with Gasteiger partial charge in [-0.15, -0.1) is 5.10 Å². The minimum atomic E-state index is 0.613. The maximum Gasteiger partial charge on any atom is 0.247 e. The van der Waals surface area contributed by atoms with E-state index in [1.165, 1.54) is 0 Å². The Kier molecular flexibility index (Phi) is 2.26. The molecule has 0 saturated heterocycles. The zero-order chi connectivity index (χ0) is 11.7. The lowest BCUT2D eigenvalue weighted by Gasteiger charge is -1.98. The van der Waals surface area contributed by atoms with Crippen LogP contribution in [0.2, 0.25) is 0 Å². The van der Waals surface area contributed by atoms with Gasteiger partial charge in [-0.25, -0.2) is 4.52 Å². The van der Waals surface area contributed by atoms with E-state index in [0.29, 0.717) is 5.95 Å². The topological polar surface area (TPSA) is 42.2 Å². The van der Waals surface area contributed by atoms with Gasteiger partial charge in [0.25, 0.3) is 0 Å². The molecule has 17 heavy (non-hydrogen) atoms. The molecule has 0 bridgehead atoms. The maximum atomic E-state index is 4.39. The van der Waals surface area contributed by atoms with Gasteiger partial charge >= 0.3 is 0 Å². The molecule has 3 rings (SSSR count). The zero-order valence-electron chi connectivity index (χ0n) is 9.46. The van der Waals surface area contributed by atoms with Gasteiger partial charge in [0.05, 0.1) is 0 Å². The molecule has 0 amide bonds. The lowest BCUT2D eigenvalue weighted by atomic mass is 10.3. The molecule has 1 N–H and O–H groups in total. The first-order valence-electron chi connectivity index (χ1n) is 5.46. The Hall–Kier alpha value is -2.36. The second kappa shape index (κ2) is 3.90. The number of para-hydroxylation sites is 1. The van der Waals surface area contributed by atoms with Gasteiger partial charge in [-0.05, 0) is 30.7 Å².